The van der Waals surface area contributed by atoms with Gasteiger partial charge >= 0.3 is 0 Å². The van der Waals surface area contributed by atoms with Crippen molar-refractivity contribution in [2.75, 3.05) is 12.4 Å². The Bertz CT molecular complexity index is 554. The molecule has 0 aliphatic heterocycles. The SMILES string of the molecule is CCCC(=O)Nc1cccc(CNC(=NC)NC(C)CCC(C)C)c1. The van der Waals surface area contributed by atoms with Gasteiger partial charge in [-0.15, -0.1) is 0 Å². The van der Waals surface area contributed by atoms with Gasteiger partial charge in [0, 0.05) is 31.7 Å². The van der Waals surface area contributed by atoms with Crippen LogP contribution in [0, 0.1) is 5.92 Å². The second-order valence-electron chi connectivity index (χ2n) is 6.94. The summed E-state index contributed by atoms with van der Waals surface area (Å²) in [5.41, 5.74) is 1.94. The molecule has 25 heavy (non-hydrogen) atoms. The Kier molecular flexibility index (Phi) is 9.66. The van der Waals surface area contributed by atoms with Crippen molar-refractivity contribution in [1.29, 1.82) is 0 Å². The number of carbonyl (C=O) groups excluding carboxylic acids is 1. The van der Waals surface area contributed by atoms with Crippen LogP contribution < -0.4 is 16.0 Å². The Morgan fingerprint density at radius 3 is 2.60 bits per heavy atom. The van der Waals surface area contributed by atoms with Gasteiger partial charge in [0.25, 0.3) is 0 Å². The molecule has 1 amide bonds. The molecule has 0 heterocycles. The van der Waals surface area contributed by atoms with Gasteiger partial charge in [-0.3, -0.25) is 9.79 Å². The number of rotatable bonds is 9. The standard InChI is InChI=1S/C20H34N4O/c1-6-8-19(25)24-18-10-7-9-17(13-18)14-22-20(21-5)23-16(4)12-11-15(2)3/h7,9-10,13,15-16H,6,8,11-12,14H2,1-5H3,(H,24,25)(H2,21,22,23). The molecule has 1 rings (SSSR count). The molecule has 0 aromatic heterocycles. The Labute approximate surface area is 152 Å². The van der Waals surface area contributed by atoms with E-state index < -0.39 is 0 Å². The lowest BCUT2D eigenvalue weighted by Gasteiger charge is -2.19. The minimum Gasteiger partial charge on any atom is -0.354 e. The van der Waals surface area contributed by atoms with Gasteiger partial charge < -0.3 is 16.0 Å². The summed E-state index contributed by atoms with van der Waals surface area (Å²) < 4.78 is 0. The molecule has 0 bridgehead atoms. The first-order valence-electron chi connectivity index (χ1n) is 9.30. The number of nitrogens with one attached hydrogen (secondary N) is 3. The van der Waals surface area contributed by atoms with E-state index in [1.54, 1.807) is 7.05 Å². The van der Waals surface area contributed by atoms with Crippen molar-refractivity contribution >= 4 is 17.6 Å². The fourth-order valence-electron chi connectivity index (χ4n) is 2.48. The first-order valence-corrected chi connectivity index (χ1v) is 9.30. The van der Waals surface area contributed by atoms with E-state index >= 15 is 0 Å². The summed E-state index contributed by atoms with van der Waals surface area (Å²) in [4.78, 5) is 16.0. The lowest BCUT2D eigenvalue weighted by atomic mass is 10.0. The van der Waals surface area contributed by atoms with Crippen molar-refractivity contribution in [1.82, 2.24) is 10.6 Å². The number of hydrogen-bond acceptors (Lipinski definition) is 2. The number of aliphatic imine (C=N–C) groups is 1. The predicted octanol–water partition coefficient (Wildman–Crippen LogP) is 3.91. The first kappa shape index (κ1) is 21.0. The number of guanidine groups is 1. The van der Waals surface area contributed by atoms with Crippen LogP contribution in [0.25, 0.3) is 0 Å². The van der Waals surface area contributed by atoms with Gasteiger partial charge in [-0.2, -0.15) is 0 Å². The van der Waals surface area contributed by atoms with Gasteiger partial charge in [-0.1, -0.05) is 32.9 Å². The van der Waals surface area contributed by atoms with Gasteiger partial charge in [0.1, 0.15) is 0 Å². The van der Waals surface area contributed by atoms with Crippen LogP contribution in [0.5, 0.6) is 0 Å². The maximum atomic E-state index is 11.7. The molecule has 0 spiro atoms. The maximum absolute atomic E-state index is 11.7. The summed E-state index contributed by atoms with van der Waals surface area (Å²) in [6.45, 7) is 9.33. The van der Waals surface area contributed by atoms with Gasteiger partial charge in [0.15, 0.2) is 5.96 Å². The number of amides is 1. The van der Waals surface area contributed by atoms with Gasteiger partial charge in [-0.25, -0.2) is 0 Å². The molecule has 1 unspecified atom stereocenters. The molecule has 0 saturated carbocycles. The highest BCUT2D eigenvalue weighted by molar-refractivity contribution is 5.90. The van der Waals surface area contributed by atoms with Crippen molar-refractivity contribution in [3.8, 4) is 0 Å². The molecule has 140 valence electrons. The van der Waals surface area contributed by atoms with Crippen molar-refractivity contribution in [3.63, 3.8) is 0 Å². The highest BCUT2D eigenvalue weighted by atomic mass is 16.1. The fraction of sp³-hybridized carbons (Fsp3) is 0.600. The Morgan fingerprint density at radius 2 is 1.96 bits per heavy atom. The molecule has 3 N–H and O–H groups in total. The van der Waals surface area contributed by atoms with Crippen LogP contribution in [0.2, 0.25) is 0 Å². The van der Waals surface area contributed by atoms with E-state index in [-0.39, 0.29) is 5.91 Å². The van der Waals surface area contributed by atoms with Crippen LogP contribution in [0.1, 0.15) is 58.9 Å². The van der Waals surface area contributed by atoms with Crippen LogP contribution in [0.3, 0.4) is 0 Å². The van der Waals surface area contributed by atoms with E-state index in [0.717, 1.165) is 30.1 Å². The topological polar surface area (TPSA) is 65.5 Å². The summed E-state index contributed by atoms with van der Waals surface area (Å²) in [6, 6.07) is 8.29. The molecule has 0 fully saturated rings. The highest BCUT2D eigenvalue weighted by Crippen LogP contribution is 2.11. The molecule has 1 atom stereocenters. The maximum Gasteiger partial charge on any atom is 0.224 e. The molecule has 0 aliphatic carbocycles. The summed E-state index contributed by atoms with van der Waals surface area (Å²) in [5, 5.41) is 9.69. The molecule has 0 aliphatic rings. The highest BCUT2D eigenvalue weighted by Gasteiger charge is 2.07. The van der Waals surface area contributed by atoms with Gasteiger partial charge in [0.05, 0.1) is 0 Å². The third-order valence-corrected chi connectivity index (χ3v) is 3.93. The molecular weight excluding hydrogens is 312 g/mol. The summed E-state index contributed by atoms with van der Waals surface area (Å²) in [6.07, 6.45) is 3.72. The Hall–Kier alpha value is -2.04. The number of carbonyl (C=O) groups is 1. The van der Waals surface area contributed by atoms with Crippen LogP contribution in [-0.4, -0.2) is 25.0 Å². The van der Waals surface area contributed by atoms with Crippen LogP contribution in [0.4, 0.5) is 5.69 Å². The monoisotopic (exact) mass is 346 g/mol. The number of hydrogen-bond donors (Lipinski definition) is 3. The molecule has 0 radical (unpaired) electrons. The minimum absolute atomic E-state index is 0.0593. The van der Waals surface area contributed by atoms with E-state index in [2.05, 4.69) is 41.7 Å². The Balaban J connectivity index is 2.51. The third-order valence-electron chi connectivity index (χ3n) is 3.93. The van der Waals surface area contributed by atoms with E-state index in [4.69, 9.17) is 0 Å². The quantitative estimate of drug-likeness (QED) is 0.469. The van der Waals surface area contributed by atoms with Gasteiger partial charge in [0.2, 0.25) is 5.91 Å². The van der Waals surface area contributed by atoms with Crippen molar-refractivity contribution in [3.05, 3.63) is 29.8 Å². The van der Waals surface area contributed by atoms with Crippen molar-refractivity contribution < 1.29 is 4.79 Å². The lowest BCUT2D eigenvalue weighted by molar-refractivity contribution is -0.116. The lowest BCUT2D eigenvalue weighted by Crippen LogP contribution is -2.41. The zero-order valence-electron chi connectivity index (χ0n) is 16.4. The Morgan fingerprint density at radius 1 is 1.20 bits per heavy atom. The van der Waals surface area contributed by atoms with E-state index in [1.807, 2.05) is 31.2 Å². The van der Waals surface area contributed by atoms with Crippen LogP contribution >= 0.6 is 0 Å². The average molecular weight is 347 g/mol. The summed E-state index contributed by atoms with van der Waals surface area (Å²) >= 11 is 0. The van der Waals surface area contributed by atoms with Crippen molar-refractivity contribution in [2.45, 2.75) is 66.0 Å². The van der Waals surface area contributed by atoms with E-state index in [0.29, 0.717) is 24.9 Å². The number of nitrogens with zero attached hydrogens (tertiary/aromatic N) is 1. The van der Waals surface area contributed by atoms with E-state index in [9.17, 15) is 4.79 Å². The second-order valence-corrected chi connectivity index (χ2v) is 6.94. The fourth-order valence-corrected chi connectivity index (χ4v) is 2.48. The molecule has 1 aromatic carbocycles. The zero-order chi connectivity index (χ0) is 18.7. The number of anilines is 1. The molecule has 1 aromatic rings. The molecular formula is C20H34N4O. The van der Waals surface area contributed by atoms with E-state index in [1.165, 1.54) is 6.42 Å². The van der Waals surface area contributed by atoms with Crippen molar-refractivity contribution in [2.24, 2.45) is 10.9 Å². The number of benzene rings is 1. The normalized spacial score (nSPS) is 12.8. The predicted molar refractivity (Wildman–Crippen MR) is 107 cm³/mol. The smallest absolute Gasteiger partial charge is 0.224 e. The largest absolute Gasteiger partial charge is 0.354 e. The molecule has 5 heteroatoms. The first-order chi connectivity index (χ1) is 11.9. The summed E-state index contributed by atoms with van der Waals surface area (Å²) in [5.74, 6) is 1.57. The zero-order valence-corrected chi connectivity index (χ0v) is 16.4. The van der Waals surface area contributed by atoms with Gasteiger partial charge in [-0.05, 0) is 49.8 Å². The molecule has 0 saturated heterocycles. The second kappa shape index (κ2) is 11.5. The average Bonchev–Trinajstić information content (AvgIpc) is 2.57. The molecule has 5 nitrogen and oxygen atoms in total. The minimum atomic E-state index is 0.0593. The van der Waals surface area contributed by atoms with Crippen LogP contribution in [-0.2, 0) is 11.3 Å². The summed E-state index contributed by atoms with van der Waals surface area (Å²) in [7, 11) is 1.78. The van der Waals surface area contributed by atoms with Crippen LogP contribution in [0.15, 0.2) is 29.3 Å². The third kappa shape index (κ3) is 9.13.